The van der Waals surface area contributed by atoms with Gasteiger partial charge in [-0.2, -0.15) is 5.10 Å². The van der Waals surface area contributed by atoms with Crippen LogP contribution >= 0.6 is 11.3 Å². The van der Waals surface area contributed by atoms with Crippen molar-refractivity contribution in [1.29, 1.82) is 0 Å². The smallest absolute Gasteiger partial charge is 0.265 e. The quantitative estimate of drug-likeness (QED) is 0.447. The molecule has 7 nitrogen and oxygen atoms in total. The largest absolute Gasteiger partial charge is 0.321 e. The highest BCUT2D eigenvalue weighted by atomic mass is 32.1. The van der Waals surface area contributed by atoms with E-state index in [9.17, 15) is 14.0 Å². The third-order valence-electron chi connectivity index (χ3n) is 4.98. The average Bonchev–Trinajstić information content (AvgIpc) is 3.32. The number of thiophene rings is 1. The number of aryl methyl sites for hydroxylation is 1. The summed E-state index contributed by atoms with van der Waals surface area (Å²) in [5.41, 5.74) is 2.54. The molecule has 0 spiro atoms. The van der Waals surface area contributed by atoms with Gasteiger partial charge >= 0.3 is 0 Å². The van der Waals surface area contributed by atoms with E-state index < -0.39 is 0 Å². The Morgan fingerprint density at radius 2 is 1.97 bits per heavy atom. The van der Waals surface area contributed by atoms with Crippen molar-refractivity contribution < 1.29 is 9.18 Å². The number of hydrogen-bond acceptors (Lipinski definition) is 5. The Hall–Kier alpha value is -3.85. The van der Waals surface area contributed by atoms with E-state index in [-0.39, 0.29) is 17.3 Å². The summed E-state index contributed by atoms with van der Waals surface area (Å²) in [6.45, 7) is 2.37. The minimum atomic E-state index is -0.285. The number of halogens is 1. The lowest BCUT2D eigenvalue weighted by Crippen LogP contribution is -2.11. The van der Waals surface area contributed by atoms with E-state index in [1.807, 2.05) is 17.7 Å². The molecule has 5 rings (SSSR count). The zero-order valence-corrected chi connectivity index (χ0v) is 17.2. The maximum atomic E-state index is 13.2. The first-order valence-electron chi connectivity index (χ1n) is 9.48. The van der Waals surface area contributed by atoms with Crippen molar-refractivity contribution in [3.63, 3.8) is 0 Å². The second-order valence-electron chi connectivity index (χ2n) is 7.12. The van der Waals surface area contributed by atoms with Crippen molar-refractivity contribution in [1.82, 2.24) is 19.7 Å². The lowest BCUT2D eigenvalue weighted by Gasteiger charge is -2.05. The third-order valence-corrected chi connectivity index (χ3v) is 6.12. The van der Waals surface area contributed by atoms with E-state index >= 15 is 0 Å². The predicted molar refractivity (Wildman–Crippen MR) is 118 cm³/mol. The van der Waals surface area contributed by atoms with Gasteiger partial charge in [0, 0.05) is 11.1 Å². The molecule has 2 aromatic carbocycles. The van der Waals surface area contributed by atoms with E-state index in [1.165, 1.54) is 29.8 Å². The van der Waals surface area contributed by atoms with Crippen LogP contribution in [0.5, 0.6) is 0 Å². The van der Waals surface area contributed by atoms with Gasteiger partial charge in [-0.15, -0.1) is 11.3 Å². The molecule has 154 valence electrons. The number of aromatic amines is 1. The van der Waals surface area contributed by atoms with E-state index in [1.54, 1.807) is 30.3 Å². The van der Waals surface area contributed by atoms with Crippen molar-refractivity contribution in [2.45, 2.75) is 13.5 Å². The Morgan fingerprint density at radius 1 is 1.16 bits per heavy atom. The van der Waals surface area contributed by atoms with Crippen LogP contribution in [-0.2, 0) is 6.54 Å². The number of benzene rings is 2. The Bertz CT molecular complexity index is 1500. The van der Waals surface area contributed by atoms with Crippen molar-refractivity contribution in [3.8, 4) is 0 Å². The fourth-order valence-electron chi connectivity index (χ4n) is 3.43. The number of carbonyl (C=O) groups excluding carboxylic acids is 1. The maximum absolute atomic E-state index is 13.2. The van der Waals surface area contributed by atoms with Crippen molar-refractivity contribution in [2.24, 2.45) is 0 Å². The molecule has 0 aliphatic carbocycles. The van der Waals surface area contributed by atoms with Crippen LogP contribution in [0.3, 0.4) is 0 Å². The van der Waals surface area contributed by atoms with Crippen LogP contribution in [0.2, 0.25) is 0 Å². The minimum absolute atomic E-state index is 0.264. The van der Waals surface area contributed by atoms with Crippen LogP contribution in [0, 0.1) is 12.7 Å². The molecule has 1 amide bonds. The Kier molecular flexibility index (Phi) is 4.59. The number of nitrogens with one attached hydrogen (secondary N) is 2. The van der Waals surface area contributed by atoms with E-state index in [4.69, 9.17) is 0 Å². The molecule has 0 unspecified atom stereocenters. The Labute approximate surface area is 179 Å². The van der Waals surface area contributed by atoms with E-state index in [0.29, 0.717) is 28.0 Å². The normalized spacial score (nSPS) is 11.3. The van der Waals surface area contributed by atoms with Crippen LogP contribution in [0.1, 0.15) is 20.9 Å². The molecule has 3 heterocycles. The fourth-order valence-corrected chi connectivity index (χ4v) is 4.49. The molecule has 5 aromatic rings. The van der Waals surface area contributed by atoms with E-state index in [0.717, 1.165) is 21.5 Å². The standard InChI is InChI=1S/C22H16FN5O2S/c1-12-16-9-19(31-22(16)28(27-12)10-13-2-4-14(23)5-3-13)21(30)26-15-6-7-18-17(8-15)20(29)25-11-24-18/h2-9,11H,10H2,1H3,(H,26,30)(H,24,25,29). The van der Waals surface area contributed by atoms with Gasteiger partial charge in [-0.3, -0.25) is 14.3 Å². The zero-order chi connectivity index (χ0) is 21.5. The second kappa shape index (κ2) is 7.44. The average molecular weight is 433 g/mol. The number of aromatic nitrogens is 4. The molecule has 0 aliphatic rings. The Morgan fingerprint density at radius 3 is 2.77 bits per heavy atom. The molecule has 2 N–H and O–H groups in total. The predicted octanol–water partition coefficient (Wildman–Crippen LogP) is 4.08. The Balaban J connectivity index is 1.43. The summed E-state index contributed by atoms with van der Waals surface area (Å²) in [6.07, 6.45) is 1.34. The third kappa shape index (κ3) is 3.59. The van der Waals surface area contributed by atoms with Gasteiger partial charge in [0.2, 0.25) is 0 Å². The molecule has 0 saturated heterocycles. The van der Waals surface area contributed by atoms with Crippen molar-refractivity contribution in [2.75, 3.05) is 5.32 Å². The number of carbonyl (C=O) groups is 1. The van der Waals surface area contributed by atoms with Gasteiger partial charge in [-0.1, -0.05) is 12.1 Å². The molecule has 9 heteroatoms. The number of amides is 1. The highest BCUT2D eigenvalue weighted by molar-refractivity contribution is 7.20. The van der Waals surface area contributed by atoms with Gasteiger partial charge in [-0.05, 0) is 48.9 Å². The monoisotopic (exact) mass is 433 g/mol. The molecule has 3 aromatic heterocycles. The number of rotatable bonds is 4. The summed E-state index contributed by atoms with van der Waals surface area (Å²) in [6, 6.07) is 13.1. The summed E-state index contributed by atoms with van der Waals surface area (Å²) in [5, 5.41) is 8.70. The second-order valence-corrected chi connectivity index (χ2v) is 8.15. The zero-order valence-electron chi connectivity index (χ0n) is 16.3. The summed E-state index contributed by atoms with van der Waals surface area (Å²) in [5.74, 6) is -0.555. The molecule has 0 aliphatic heterocycles. The van der Waals surface area contributed by atoms with Gasteiger partial charge in [-0.25, -0.2) is 9.37 Å². The fraction of sp³-hybridized carbons (Fsp3) is 0.0909. The number of H-pyrrole nitrogens is 1. The SMILES string of the molecule is Cc1nn(Cc2ccc(F)cc2)c2sc(C(=O)Nc3ccc4nc[nH]c(=O)c4c3)cc12. The molecule has 0 saturated carbocycles. The van der Waals surface area contributed by atoms with Gasteiger partial charge in [0.25, 0.3) is 11.5 Å². The van der Waals surface area contributed by atoms with Gasteiger partial charge in [0.15, 0.2) is 0 Å². The topological polar surface area (TPSA) is 92.7 Å². The molecule has 31 heavy (non-hydrogen) atoms. The van der Waals surface area contributed by atoms with Crippen LogP contribution < -0.4 is 10.9 Å². The maximum Gasteiger partial charge on any atom is 0.265 e. The number of anilines is 1. The molecular weight excluding hydrogens is 417 g/mol. The molecular formula is C22H16FN5O2S. The molecule has 0 fully saturated rings. The highest BCUT2D eigenvalue weighted by Crippen LogP contribution is 2.29. The number of fused-ring (bicyclic) bond motifs is 2. The van der Waals surface area contributed by atoms with Gasteiger partial charge in [0.05, 0.1) is 34.3 Å². The summed E-state index contributed by atoms with van der Waals surface area (Å²) in [4.78, 5) is 32.9. The van der Waals surface area contributed by atoms with Crippen LogP contribution in [0.25, 0.3) is 21.1 Å². The lowest BCUT2D eigenvalue weighted by molar-refractivity contribution is 0.103. The molecule has 0 bridgehead atoms. The highest BCUT2D eigenvalue weighted by Gasteiger charge is 2.17. The summed E-state index contributed by atoms with van der Waals surface area (Å²) in [7, 11) is 0. The summed E-state index contributed by atoms with van der Waals surface area (Å²) < 4.78 is 15.0. The van der Waals surface area contributed by atoms with Gasteiger partial charge in [0.1, 0.15) is 10.6 Å². The van der Waals surface area contributed by atoms with Crippen LogP contribution in [0.4, 0.5) is 10.1 Å². The van der Waals surface area contributed by atoms with Crippen molar-refractivity contribution >= 4 is 44.1 Å². The minimum Gasteiger partial charge on any atom is -0.321 e. The lowest BCUT2D eigenvalue weighted by atomic mass is 10.2. The first-order valence-corrected chi connectivity index (χ1v) is 10.3. The molecule has 0 atom stereocenters. The summed E-state index contributed by atoms with van der Waals surface area (Å²) >= 11 is 1.34. The number of hydrogen-bond donors (Lipinski definition) is 2. The molecule has 0 radical (unpaired) electrons. The van der Waals surface area contributed by atoms with Gasteiger partial charge < -0.3 is 10.3 Å². The van der Waals surface area contributed by atoms with Crippen LogP contribution in [-0.4, -0.2) is 25.7 Å². The van der Waals surface area contributed by atoms with E-state index in [2.05, 4.69) is 20.4 Å². The van der Waals surface area contributed by atoms with Crippen molar-refractivity contribution in [3.05, 3.63) is 87.2 Å². The first-order chi connectivity index (χ1) is 15.0. The van der Waals surface area contributed by atoms with Crippen LogP contribution in [0.15, 0.2) is 59.7 Å². The first kappa shape index (κ1) is 19.1. The number of nitrogens with zero attached hydrogens (tertiary/aromatic N) is 3.